The minimum atomic E-state index is -5.08. The predicted octanol–water partition coefficient (Wildman–Crippen LogP) is 12.2. The van der Waals surface area contributed by atoms with Crippen LogP contribution in [-0.4, -0.2) is 19.9 Å². The predicted molar refractivity (Wildman–Crippen MR) is 201 cm³/mol. The lowest BCUT2D eigenvalue weighted by Crippen LogP contribution is -2.08. The second-order valence-electron chi connectivity index (χ2n) is 12.8. The van der Waals surface area contributed by atoms with Gasteiger partial charge in [-0.15, -0.1) is 9.97 Å². The molecule has 0 spiro atoms. The summed E-state index contributed by atoms with van der Waals surface area (Å²) in [6.45, 7) is 16.3. The van der Waals surface area contributed by atoms with E-state index < -0.39 is 69.9 Å². The van der Waals surface area contributed by atoms with E-state index in [1.165, 1.54) is 42.5 Å². The van der Waals surface area contributed by atoms with E-state index in [0.717, 1.165) is 18.2 Å². The number of hydrogen-bond acceptors (Lipinski definition) is 7. The third-order valence-electron chi connectivity index (χ3n) is 9.47. The fourth-order valence-electron chi connectivity index (χ4n) is 6.89. The number of aromatic nitrogens is 4. The first-order chi connectivity index (χ1) is 28.7. The monoisotopic (exact) mass is 809 g/mol. The highest BCUT2D eigenvalue weighted by molar-refractivity contribution is 6.07. The Morgan fingerprint density at radius 2 is 1.13 bits per heavy atom. The molecule has 9 nitrogen and oxygen atoms in total. The van der Waals surface area contributed by atoms with Gasteiger partial charge in [-0.3, -0.25) is 0 Å². The van der Waals surface area contributed by atoms with Crippen molar-refractivity contribution in [1.82, 2.24) is 19.9 Å². The van der Waals surface area contributed by atoms with Gasteiger partial charge in [0.15, 0.2) is 28.9 Å². The highest BCUT2D eigenvalue weighted by atomic mass is 19.4. The molecule has 0 saturated carbocycles. The van der Waals surface area contributed by atoms with E-state index in [2.05, 4.69) is 29.6 Å². The first kappa shape index (κ1) is 39.6. The molecule has 4 aromatic carbocycles. The van der Waals surface area contributed by atoms with Crippen molar-refractivity contribution in [3.63, 3.8) is 0 Å². The lowest BCUT2D eigenvalue weighted by Gasteiger charge is -2.17. The van der Waals surface area contributed by atoms with Crippen molar-refractivity contribution in [2.75, 3.05) is 0 Å². The number of aryl methyl sites for hydroxylation is 1. The highest BCUT2D eigenvalue weighted by Gasteiger charge is 2.39. The number of benzene rings is 4. The summed E-state index contributed by atoms with van der Waals surface area (Å²) in [6, 6.07) is 17.6. The van der Waals surface area contributed by atoms with Gasteiger partial charge in [-0.2, -0.15) is 29.0 Å². The quantitative estimate of drug-likeness (QED) is 0.0732. The molecule has 288 valence electrons. The normalized spacial score (nSPS) is 13.7. The Balaban J connectivity index is 1.59. The van der Waals surface area contributed by atoms with Gasteiger partial charge in [0.2, 0.25) is 11.0 Å². The molecule has 2 heterocycles. The largest absolute Gasteiger partial charge is 0.417 e. The zero-order chi connectivity index (χ0) is 43.2. The maximum absolute atomic E-state index is 15.5. The van der Waals surface area contributed by atoms with E-state index in [1.807, 2.05) is 0 Å². The van der Waals surface area contributed by atoms with Crippen molar-refractivity contribution < 1.29 is 35.1 Å². The number of rotatable bonds is 5. The maximum atomic E-state index is 15.5. The van der Waals surface area contributed by atoms with Crippen LogP contribution >= 0.6 is 0 Å². The zero-order valence-corrected chi connectivity index (χ0v) is 30.0. The molecule has 0 fully saturated rings. The summed E-state index contributed by atoms with van der Waals surface area (Å²) >= 11 is 0. The Hall–Kier alpha value is -8.59. The maximum Gasteiger partial charge on any atom is 0.417 e. The molecule has 0 N–H and O–H groups in total. The molecule has 0 atom stereocenters. The first-order valence-electron chi connectivity index (χ1n) is 16.8. The van der Waals surface area contributed by atoms with Crippen LogP contribution in [0.4, 0.5) is 46.8 Å². The lowest BCUT2D eigenvalue weighted by molar-refractivity contribution is -0.137. The summed E-state index contributed by atoms with van der Waals surface area (Å²) in [5, 5.41) is 29.4. The molecule has 0 unspecified atom stereocenters. The van der Waals surface area contributed by atoms with Crippen LogP contribution in [0.15, 0.2) is 102 Å². The Bertz CT molecular complexity index is 3270. The van der Waals surface area contributed by atoms with Crippen LogP contribution in [0.2, 0.25) is 0 Å². The number of halogens is 8. The number of alkyl halides is 3. The third kappa shape index (κ3) is 6.51. The lowest BCUT2D eigenvalue weighted by atomic mass is 9.88. The van der Waals surface area contributed by atoms with Crippen LogP contribution in [0.25, 0.3) is 70.7 Å². The Morgan fingerprint density at radius 1 is 0.633 bits per heavy atom. The molecule has 0 radical (unpaired) electrons. The molecule has 1 aliphatic rings. The molecule has 0 aliphatic heterocycles. The molecule has 17 heteroatoms. The Morgan fingerprint density at radius 3 is 1.67 bits per heavy atom. The molecule has 0 bridgehead atoms. The van der Waals surface area contributed by atoms with E-state index in [4.69, 9.17) is 13.1 Å². The summed E-state index contributed by atoms with van der Waals surface area (Å²) in [5.41, 5.74) is -5.15. The van der Waals surface area contributed by atoms with Crippen molar-refractivity contribution in [2.45, 2.75) is 13.1 Å². The van der Waals surface area contributed by atoms with Gasteiger partial charge < -0.3 is 9.69 Å². The smallest absolute Gasteiger partial charge is 0.370 e. The van der Waals surface area contributed by atoms with E-state index >= 15 is 22.0 Å². The van der Waals surface area contributed by atoms with Crippen LogP contribution in [0.5, 0.6) is 0 Å². The summed E-state index contributed by atoms with van der Waals surface area (Å²) in [7, 11) is 0. The fourth-order valence-corrected chi connectivity index (χ4v) is 6.89. The van der Waals surface area contributed by atoms with Gasteiger partial charge in [0, 0.05) is 5.57 Å². The molecule has 0 saturated heterocycles. The highest BCUT2D eigenvalue weighted by Crippen LogP contribution is 2.53. The zero-order valence-electron chi connectivity index (χ0n) is 30.0. The SMILES string of the molecule is [C-]#[N+]c1nc2ccc(-c3cc4c(cc3C)-c3cc(C(F)(F)F)c(-c5ccc6nc(C#N)c(C#N)nc6c5)cc3/C4=C(C#N)/C(C(/F)=C/F)=C(F)/C(F)=C/F)cc2nc1[N+]#[C-]. The van der Waals surface area contributed by atoms with Crippen LogP contribution < -0.4 is 0 Å². The van der Waals surface area contributed by atoms with E-state index in [9.17, 15) is 29.0 Å². The number of fused-ring (bicyclic) bond motifs is 5. The van der Waals surface area contributed by atoms with Gasteiger partial charge in [-0.1, -0.05) is 25.3 Å². The van der Waals surface area contributed by atoms with Gasteiger partial charge in [0.25, 0.3) is 11.6 Å². The standard InChI is InChI=1S/C43H15F8N9/c1-19-8-24-25-13-29(43(49,50)51)23(21-5-6-32-34(10-21)58-37(18-54)36(17-53)57-32)12-27(25)38(28(16-52)39(30(46)14-44)40(48)31(47)15-45)26(24)11-22(19)20-4-7-33-35(9-20)60-42(56-3)41(55-2)59-33/h4-15H,1H3/b30-14-,31-15-,38-28+,40-39+. The van der Waals surface area contributed by atoms with Crippen molar-refractivity contribution in [1.29, 1.82) is 15.8 Å². The molecular formula is C43H15F8N9. The van der Waals surface area contributed by atoms with Gasteiger partial charge in [-0.25, -0.2) is 31.9 Å². The number of allylic oxidation sites excluding steroid dienone is 5. The fraction of sp³-hybridized carbons (Fsp3) is 0.0465. The Kier molecular flexibility index (Phi) is 9.95. The van der Waals surface area contributed by atoms with Gasteiger partial charge in [0.1, 0.15) is 30.9 Å². The Labute approximate surface area is 332 Å². The van der Waals surface area contributed by atoms with Crippen LogP contribution in [0.1, 0.15) is 33.6 Å². The summed E-state index contributed by atoms with van der Waals surface area (Å²) in [6.07, 6.45) is -6.77. The second-order valence-corrected chi connectivity index (χ2v) is 12.8. The second kappa shape index (κ2) is 15.1. The van der Waals surface area contributed by atoms with Gasteiger partial charge in [-0.05, 0) is 106 Å². The van der Waals surface area contributed by atoms with E-state index in [-0.39, 0.29) is 67.2 Å². The van der Waals surface area contributed by atoms with E-state index in [0.29, 0.717) is 16.7 Å². The molecular weight excluding hydrogens is 795 g/mol. The number of hydrogen-bond donors (Lipinski definition) is 0. The van der Waals surface area contributed by atoms with Gasteiger partial charge in [0.05, 0.1) is 27.7 Å². The topological polar surface area (TPSA) is 132 Å². The third-order valence-corrected chi connectivity index (χ3v) is 9.47. The summed E-state index contributed by atoms with van der Waals surface area (Å²) in [4.78, 5) is 22.9. The molecule has 2 aromatic heterocycles. The van der Waals surface area contributed by atoms with Crippen molar-refractivity contribution in [3.8, 4) is 51.6 Å². The number of nitriles is 3. The van der Waals surface area contributed by atoms with E-state index in [1.54, 1.807) is 25.1 Å². The minimum absolute atomic E-state index is 0.00148. The summed E-state index contributed by atoms with van der Waals surface area (Å²) in [5.74, 6) is -7.33. The van der Waals surface area contributed by atoms with Crippen LogP contribution in [-0.2, 0) is 6.18 Å². The average Bonchev–Trinajstić information content (AvgIpc) is 3.56. The molecule has 1 aliphatic carbocycles. The summed E-state index contributed by atoms with van der Waals surface area (Å²) < 4.78 is 118. The molecule has 7 rings (SSSR count). The van der Waals surface area contributed by atoms with Crippen LogP contribution in [0, 0.1) is 54.1 Å². The van der Waals surface area contributed by atoms with Crippen molar-refractivity contribution in [3.05, 3.63) is 158 Å². The molecule has 0 amide bonds. The minimum Gasteiger partial charge on any atom is -0.370 e. The van der Waals surface area contributed by atoms with Crippen LogP contribution in [0.3, 0.4) is 0 Å². The number of nitrogens with zero attached hydrogens (tertiary/aromatic N) is 9. The van der Waals surface area contributed by atoms with Crippen molar-refractivity contribution >= 4 is 39.3 Å². The van der Waals surface area contributed by atoms with Gasteiger partial charge >= 0.3 is 6.18 Å². The molecule has 60 heavy (non-hydrogen) atoms. The van der Waals surface area contributed by atoms with Crippen molar-refractivity contribution in [2.24, 2.45) is 0 Å². The average molecular weight is 810 g/mol. The first-order valence-corrected chi connectivity index (χ1v) is 16.8. The molecule has 6 aromatic rings.